The van der Waals surface area contributed by atoms with E-state index in [9.17, 15) is 27.6 Å². The quantitative estimate of drug-likeness (QED) is 0.158. The van der Waals surface area contributed by atoms with Gasteiger partial charge in [-0.05, 0) is 75.1 Å². The predicted molar refractivity (Wildman–Crippen MR) is 167 cm³/mol. The molecule has 4 rings (SSSR count). The second-order valence-electron chi connectivity index (χ2n) is 10.2. The fourth-order valence-electron chi connectivity index (χ4n) is 4.00. The van der Waals surface area contributed by atoms with Gasteiger partial charge in [0.2, 0.25) is 11.9 Å². The molecule has 0 fully saturated rings. The number of nitrogens with one attached hydrogen (secondary N) is 4. The molecule has 232 valence electrons. The van der Waals surface area contributed by atoms with E-state index in [-0.39, 0.29) is 28.7 Å². The zero-order valence-electron chi connectivity index (χ0n) is 24.6. The fraction of sp³-hybridized carbons (Fsp3) is 0.156. The summed E-state index contributed by atoms with van der Waals surface area (Å²) in [7, 11) is 3.81. The summed E-state index contributed by atoms with van der Waals surface area (Å²) in [6.45, 7) is 2.34. The summed E-state index contributed by atoms with van der Waals surface area (Å²) in [6.07, 6.45) is 1.44. The number of nitrogens with zero attached hydrogens (tertiary/aromatic N) is 3. The number of aryl methyl sites for hydroxylation is 1. The third kappa shape index (κ3) is 9.46. The van der Waals surface area contributed by atoms with Crippen LogP contribution < -0.4 is 21.3 Å². The van der Waals surface area contributed by atoms with Crippen molar-refractivity contribution in [3.63, 3.8) is 0 Å². The number of carbonyl (C=O) groups is 3. The lowest BCUT2D eigenvalue weighted by Crippen LogP contribution is -2.16. The van der Waals surface area contributed by atoms with E-state index in [4.69, 9.17) is 0 Å². The van der Waals surface area contributed by atoms with Gasteiger partial charge in [0.15, 0.2) is 0 Å². The fourth-order valence-corrected chi connectivity index (χ4v) is 4.00. The first-order valence-corrected chi connectivity index (χ1v) is 13.6. The maximum Gasteiger partial charge on any atom is 0.416 e. The third-order valence-corrected chi connectivity index (χ3v) is 6.23. The van der Waals surface area contributed by atoms with Crippen LogP contribution in [0.4, 0.5) is 41.9 Å². The maximum absolute atomic E-state index is 13.0. The lowest BCUT2D eigenvalue weighted by molar-refractivity contribution is -0.137. The average molecular weight is 618 g/mol. The third-order valence-electron chi connectivity index (χ3n) is 6.23. The molecule has 1 aromatic heterocycles. The van der Waals surface area contributed by atoms with Gasteiger partial charge < -0.3 is 26.2 Å². The maximum atomic E-state index is 13.0. The van der Waals surface area contributed by atoms with Crippen molar-refractivity contribution in [3.8, 4) is 0 Å². The first kappa shape index (κ1) is 32.4. The minimum Gasteiger partial charge on any atom is -0.324 e. The normalized spacial score (nSPS) is 11.4. The van der Waals surface area contributed by atoms with Crippen LogP contribution in [-0.4, -0.2) is 53.2 Å². The van der Waals surface area contributed by atoms with Crippen LogP contribution in [0.5, 0.6) is 0 Å². The number of amides is 3. The largest absolute Gasteiger partial charge is 0.416 e. The molecule has 1 heterocycles. The molecule has 0 aliphatic rings. The van der Waals surface area contributed by atoms with Crippen molar-refractivity contribution in [1.29, 1.82) is 0 Å². The van der Waals surface area contributed by atoms with Crippen LogP contribution in [0.1, 0.15) is 31.8 Å². The van der Waals surface area contributed by atoms with Gasteiger partial charge in [-0.2, -0.15) is 13.2 Å². The Bertz CT molecular complexity index is 1720. The molecule has 4 aromatic rings. The standard InChI is InChI=1S/C32H30F3N7O3/c1-20-12-13-25(39-29(44)21-7-4-8-22(15-21)32(33,34)35)17-27(20)30(45)40-26-18-36-31(37-19-26)41-24-10-5-9-23(16-24)38-28(43)11-6-14-42(2)3/h4-13,15-19H,14H2,1-3H3,(H,38,43)(H,39,44)(H,40,45)(H,36,37,41)/b11-6+. The van der Waals surface area contributed by atoms with E-state index >= 15 is 0 Å². The second kappa shape index (κ2) is 14.3. The van der Waals surface area contributed by atoms with Gasteiger partial charge in [-0.1, -0.05) is 24.3 Å². The van der Waals surface area contributed by atoms with Crippen molar-refractivity contribution in [3.05, 3.63) is 114 Å². The number of aromatic nitrogens is 2. The number of anilines is 5. The van der Waals surface area contributed by atoms with E-state index in [1.54, 1.807) is 49.4 Å². The zero-order valence-corrected chi connectivity index (χ0v) is 24.6. The van der Waals surface area contributed by atoms with Crippen molar-refractivity contribution in [1.82, 2.24) is 14.9 Å². The lowest BCUT2D eigenvalue weighted by atomic mass is 10.1. The molecule has 0 spiro atoms. The van der Waals surface area contributed by atoms with Crippen molar-refractivity contribution in [2.75, 3.05) is 41.9 Å². The Morgan fingerprint density at radius 1 is 0.800 bits per heavy atom. The number of hydrogen-bond donors (Lipinski definition) is 4. The van der Waals surface area contributed by atoms with Crippen molar-refractivity contribution >= 4 is 46.4 Å². The van der Waals surface area contributed by atoms with Crippen LogP contribution in [-0.2, 0) is 11.0 Å². The highest BCUT2D eigenvalue weighted by Crippen LogP contribution is 2.30. The molecule has 0 bridgehead atoms. The molecular weight excluding hydrogens is 587 g/mol. The summed E-state index contributed by atoms with van der Waals surface area (Å²) in [4.78, 5) is 48.2. The first-order chi connectivity index (χ1) is 21.4. The van der Waals surface area contributed by atoms with Crippen molar-refractivity contribution < 1.29 is 27.6 Å². The Morgan fingerprint density at radius 3 is 2.18 bits per heavy atom. The smallest absolute Gasteiger partial charge is 0.324 e. The molecule has 45 heavy (non-hydrogen) atoms. The Balaban J connectivity index is 1.37. The minimum atomic E-state index is -4.59. The van der Waals surface area contributed by atoms with Crippen LogP contribution in [0.2, 0.25) is 0 Å². The Morgan fingerprint density at radius 2 is 1.47 bits per heavy atom. The van der Waals surface area contributed by atoms with Gasteiger partial charge in [-0.25, -0.2) is 9.97 Å². The molecule has 3 amide bonds. The number of hydrogen-bond acceptors (Lipinski definition) is 7. The summed E-state index contributed by atoms with van der Waals surface area (Å²) in [5, 5.41) is 11.0. The molecular formula is C32H30F3N7O3. The van der Waals surface area contributed by atoms with Gasteiger partial charge in [0.05, 0.1) is 23.6 Å². The first-order valence-electron chi connectivity index (χ1n) is 13.6. The van der Waals surface area contributed by atoms with E-state index in [0.717, 1.165) is 18.2 Å². The minimum absolute atomic E-state index is 0.175. The molecule has 10 nitrogen and oxygen atoms in total. The number of carbonyl (C=O) groups excluding carboxylic acids is 3. The number of alkyl halides is 3. The SMILES string of the molecule is Cc1ccc(NC(=O)c2cccc(C(F)(F)F)c2)cc1C(=O)Nc1cnc(Nc2cccc(NC(=O)/C=C/CN(C)C)c2)nc1. The van der Waals surface area contributed by atoms with Crippen molar-refractivity contribution in [2.24, 2.45) is 0 Å². The highest BCUT2D eigenvalue weighted by molar-refractivity contribution is 6.08. The molecule has 0 saturated heterocycles. The summed E-state index contributed by atoms with van der Waals surface area (Å²) in [5.41, 5.74) is 1.45. The van der Waals surface area contributed by atoms with Gasteiger partial charge in [0.1, 0.15) is 0 Å². The number of rotatable bonds is 10. The van der Waals surface area contributed by atoms with Gasteiger partial charge in [0, 0.05) is 40.8 Å². The van der Waals surface area contributed by atoms with Gasteiger partial charge in [-0.3, -0.25) is 14.4 Å². The Labute approximate surface area is 257 Å². The summed E-state index contributed by atoms with van der Waals surface area (Å²) >= 11 is 0. The number of benzene rings is 3. The molecule has 0 saturated carbocycles. The summed E-state index contributed by atoms with van der Waals surface area (Å²) in [5.74, 6) is -1.27. The van der Waals surface area contributed by atoms with Crippen molar-refractivity contribution in [2.45, 2.75) is 13.1 Å². The van der Waals surface area contributed by atoms with E-state index in [1.807, 2.05) is 19.0 Å². The molecule has 13 heteroatoms. The molecule has 0 aliphatic carbocycles. The van der Waals surface area contributed by atoms with Crippen LogP contribution >= 0.6 is 0 Å². The van der Waals surface area contributed by atoms with Gasteiger partial charge in [-0.15, -0.1) is 0 Å². The van der Waals surface area contributed by atoms with Gasteiger partial charge in [0.25, 0.3) is 11.8 Å². The molecule has 0 atom stereocenters. The molecule has 0 unspecified atom stereocenters. The highest BCUT2D eigenvalue weighted by atomic mass is 19.4. The van der Waals surface area contributed by atoms with Crippen LogP contribution in [0.25, 0.3) is 0 Å². The lowest BCUT2D eigenvalue weighted by Gasteiger charge is -2.12. The van der Waals surface area contributed by atoms with E-state index in [2.05, 4.69) is 31.2 Å². The second-order valence-corrected chi connectivity index (χ2v) is 10.2. The monoisotopic (exact) mass is 617 g/mol. The van der Waals surface area contributed by atoms with E-state index < -0.39 is 23.6 Å². The van der Waals surface area contributed by atoms with Crippen LogP contribution in [0.15, 0.2) is 91.3 Å². The van der Waals surface area contributed by atoms with E-state index in [0.29, 0.717) is 29.2 Å². The number of likely N-dealkylation sites (N-methyl/N-ethyl adjacent to an activating group) is 1. The molecule has 0 aliphatic heterocycles. The number of halogens is 3. The topological polar surface area (TPSA) is 128 Å². The Kier molecular flexibility index (Phi) is 10.3. The Hall–Kier alpha value is -5.56. The van der Waals surface area contributed by atoms with E-state index in [1.165, 1.54) is 30.6 Å². The molecule has 3 aromatic carbocycles. The molecule has 4 N–H and O–H groups in total. The van der Waals surface area contributed by atoms with Crippen LogP contribution in [0.3, 0.4) is 0 Å². The average Bonchev–Trinajstić information content (AvgIpc) is 2.98. The zero-order chi connectivity index (χ0) is 32.6. The molecule has 0 radical (unpaired) electrons. The van der Waals surface area contributed by atoms with Gasteiger partial charge >= 0.3 is 6.18 Å². The summed E-state index contributed by atoms with van der Waals surface area (Å²) in [6, 6.07) is 15.6. The highest BCUT2D eigenvalue weighted by Gasteiger charge is 2.31. The van der Waals surface area contributed by atoms with Crippen LogP contribution in [0, 0.1) is 6.92 Å². The summed E-state index contributed by atoms with van der Waals surface area (Å²) < 4.78 is 39.1. The predicted octanol–water partition coefficient (Wildman–Crippen LogP) is 6.11.